The Hall–Kier alpha value is -1.85. The normalized spacial score (nSPS) is 19.9. The lowest BCUT2D eigenvalue weighted by atomic mass is 10.0. The summed E-state index contributed by atoms with van der Waals surface area (Å²) in [5.41, 5.74) is 12.1. The highest BCUT2D eigenvalue weighted by Gasteiger charge is 2.29. The van der Waals surface area contributed by atoms with Crippen molar-refractivity contribution in [2.75, 3.05) is 17.2 Å². The van der Waals surface area contributed by atoms with E-state index >= 15 is 0 Å². The Labute approximate surface area is 106 Å². The minimum Gasteiger partial charge on any atom is -0.383 e. The smallest absolute Gasteiger partial charge is 0.240 e. The highest BCUT2D eigenvalue weighted by molar-refractivity contribution is 5.84. The van der Waals surface area contributed by atoms with Crippen LogP contribution in [0.5, 0.6) is 0 Å². The summed E-state index contributed by atoms with van der Waals surface area (Å²) < 4.78 is 0. The van der Waals surface area contributed by atoms with Crippen molar-refractivity contribution < 1.29 is 4.79 Å². The SMILES string of the molecule is Cc1nc(N)c(C)c(N2CCCCC2C(N)=O)n1. The standard InChI is InChI=1S/C12H19N5O/c1-7-10(13)15-8(2)16-12(7)17-6-4-3-5-9(17)11(14)18/h9H,3-6H2,1-2H3,(H2,14,18)(H2,13,15,16). The van der Waals surface area contributed by atoms with E-state index in [1.54, 1.807) is 6.92 Å². The Bertz CT molecular complexity index is 474. The molecule has 18 heavy (non-hydrogen) atoms. The number of aromatic nitrogens is 2. The highest BCUT2D eigenvalue weighted by atomic mass is 16.1. The van der Waals surface area contributed by atoms with Gasteiger partial charge in [0.2, 0.25) is 5.91 Å². The second kappa shape index (κ2) is 4.80. The van der Waals surface area contributed by atoms with Crippen molar-refractivity contribution in [3.63, 3.8) is 0 Å². The van der Waals surface area contributed by atoms with Crippen LogP contribution in [0.15, 0.2) is 0 Å². The maximum Gasteiger partial charge on any atom is 0.240 e. The lowest BCUT2D eigenvalue weighted by Crippen LogP contribution is -2.48. The molecular formula is C12H19N5O. The Balaban J connectivity index is 2.42. The molecule has 0 saturated carbocycles. The fourth-order valence-electron chi connectivity index (χ4n) is 2.40. The molecule has 1 saturated heterocycles. The van der Waals surface area contributed by atoms with E-state index in [1.807, 2.05) is 11.8 Å². The number of anilines is 2. The fourth-order valence-corrected chi connectivity index (χ4v) is 2.40. The second-order valence-electron chi connectivity index (χ2n) is 4.71. The summed E-state index contributed by atoms with van der Waals surface area (Å²) in [4.78, 5) is 22.0. The van der Waals surface area contributed by atoms with Crippen LogP contribution in [0.3, 0.4) is 0 Å². The van der Waals surface area contributed by atoms with Gasteiger partial charge >= 0.3 is 0 Å². The first-order valence-electron chi connectivity index (χ1n) is 6.17. The molecule has 0 bridgehead atoms. The van der Waals surface area contributed by atoms with Gasteiger partial charge < -0.3 is 16.4 Å². The van der Waals surface area contributed by atoms with Gasteiger partial charge in [0, 0.05) is 12.1 Å². The van der Waals surface area contributed by atoms with Crippen LogP contribution in [0.2, 0.25) is 0 Å². The number of nitrogens with zero attached hydrogens (tertiary/aromatic N) is 3. The van der Waals surface area contributed by atoms with E-state index < -0.39 is 0 Å². The first-order valence-corrected chi connectivity index (χ1v) is 6.17. The maximum absolute atomic E-state index is 11.5. The number of aryl methyl sites for hydroxylation is 1. The third-order valence-electron chi connectivity index (χ3n) is 3.37. The first-order chi connectivity index (χ1) is 8.50. The quantitative estimate of drug-likeness (QED) is 0.796. The van der Waals surface area contributed by atoms with Gasteiger partial charge in [0.1, 0.15) is 23.5 Å². The van der Waals surface area contributed by atoms with Gasteiger partial charge in [-0.2, -0.15) is 0 Å². The fraction of sp³-hybridized carbons (Fsp3) is 0.583. The number of piperidine rings is 1. The maximum atomic E-state index is 11.5. The van der Waals surface area contributed by atoms with Crippen LogP contribution >= 0.6 is 0 Å². The summed E-state index contributed by atoms with van der Waals surface area (Å²) in [6.45, 7) is 4.45. The van der Waals surface area contributed by atoms with Crippen molar-refractivity contribution in [3.05, 3.63) is 11.4 Å². The van der Waals surface area contributed by atoms with Crippen LogP contribution in [0.4, 0.5) is 11.6 Å². The predicted octanol–water partition coefficient (Wildman–Crippen LogP) is 0.520. The molecule has 2 rings (SSSR count). The summed E-state index contributed by atoms with van der Waals surface area (Å²) in [6.07, 6.45) is 2.83. The average Bonchev–Trinajstić information content (AvgIpc) is 2.33. The molecule has 1 aliphatic rings. The molecule has 2 heterocycles. The monoisotopic (exact) mass is 249 g/mol. The minimum atomic E-state index is -0.302. The van der Waals surface area contributed by atoms with Gasteiger partial charge in [0.25, 0.3) is 0 Å². The largest absolute Gasteiger partial charge is 0.383 e. The molecule has 0 spiro atoms. The summed E-state index contributed by atoms with van der Waals surface area (Å²) in [5.74, 6) is 1.51. The molecule has 0 radical (unpaired) electrons. The molecule has 1 amide bonds. The van der Waals surface area contributed by atoms with Gasteiger partial charge in [-0.1, -0.05) is 0 Å². The minimum absolute atomic E-state index is 0.286. The Kier molecular flexibility index (Phi) is 3.36. The first kappa shape index (κ1) is 12.6. The van der Waals surface area contributed by atoms with E-state index in [2.05, 4.69) is 9.97 Å². The molecule has 6 nitrogen and oxygen atoms in total. The van der Waals surface area contributed by atoms with Crippen molar-refractivity contribution in [1.82, 2.24) is 9.97 Å². The molecule has 4 N–H and O–H groups in total. The van der Waals surface area contributed by atoms with Crippen LogP contribution in [0, 0.1) is 13.8 Å². The number of carbonyl (C=O) groups is 1. The molecular weight excluding hydrogens is 230 g/mol. The van der Waals surface area contributed by atoms with Crippen molar-refractivity contribution in [3.8, 4) is 0 Å². The van der Waals surface area contributed by atoms with Crippen LogP contribution in [-0.4, -0.2) is 28.5 Å². The van der Waals surface area contributed by atoms with Gasteiger partial charge in [-0.25, -0.2) is 9.97 Å². The van der Waals surface area contributed by atoms with E-state index in [0.29, 0.717) is 11.6 Å². The molecule has 0 aromatic carbocycles. The number of nitrogens with two attached hydrogens (primary N) is 2. The van der Waals surface area contributed by atoms with Crippen molar-refractivity contribution >= 4 is 17.5 Å². The van der Waals surface area contributed by atoms with Gasteiger partial charge in [-0.05, 0) is 33.1 Å². The zero-order chi connectivity index (χ0) is 13.3. The number of amides is 1. The van der Waals surface area contributed by atoms with Crippen molar-refractivity contribution in [2.24, 2.45) is 5.73 Å². The van der Waals surface area contributed by atoms with Crippen molar-refractivity contribution in [1.29, 1.82) is 0 Å². The van der Waals surface area contributed by atoms with E-state index in [1.165, 1.54) is 0 Å². The molecule has 6 heteroatoms. The van der Waals surface area contributed by atoms with Gasteiger partial charge in [0.15, 0.2) is 0 Å². The molecule has 1 aromatic heterocycles. The van der Waals surface area contributed by atoms with Crippen LogP contribution in [0.25, 0.3) is 0 Å². The summed E-state index contributed by atoms with van der Waals surface area (Å²) >= 11 is 0. The average molecular weight is 249 g/mol. The van der Waals surface area contributed by atoms with Crippen molar-refractivity contribution in [2.45, 2.75) is 39.2 Å². The van der Waals surface area contributed by atoms with E-state index in [-0.39, 0.29) is 11.9 Å². The second-order valence-corrected chi connectivity index (χ2v) is 4.71. The highest BCUT2D eigenvalue weighted by Crippen LogP contribution is 2.28. The number of hydrogen-bond acceptors (Lipinski definition) is 5. The van der Waals surface area contributed by atoms with Crippen LogP contribution in [0.1, 0.15) is 30.7 Å². The Morgan fingerprint density at radius 1 is 1.33 bits per heavy atom. The Morgan fingerprint density at radius 2 is 2.06 bits per heavy atom. The number of nitrogen functional groups attached to an aromatic ring is 1. The summed E-state index contributed by atoms with van der Waals surface area (Å²) in [5, 5.41) is 0. The molecule has 0 aliphatic carbocycles. The zero-order valence-electron chi connectivity index (χ0n) is 10.8. The Morgan fingerprint density at radius 3 is 2.72 bits per heavy atom. The molecule has 98 valence electrons. The van der Waals surface area contributed by atoms with E-state index in [4.69, 9.17) is 11.5 Å². The molecule has 1 atom stereocenters. The zero-order valence-corrected chi connectivity index (χ0v) is 10.8. The third kappa shape index (κ3) is 2.23. The van der Waals surface area contributed by atoms with E-state index in [9.17, 15) is 4.79 Å². The molecule has 1 fully saturated rings. The molecule has 1 unspecified atom stereocenters. The van der Waals surface area contributed by atoms with Gasteiger partial charge in [0.05, 0.1) is 0 Å². The van der Waals surface area contributed by atoms with Crippen LogP contribution < -0.4 is 16.4 Å². The van der Waals surface area contributed by atoms with Crippen LogP contribution in [-0.2, 0) is 4.79 Å². The number of primary amides is 1. The number of rotatable bonds is 2. The molecule has 1 aromatic rings. The van der Waals surface area contributed by atoms with E-state index in [0.717, 1.165) is 37.2 Å². The summed E-state index contributed by atoms with van der Waals surface area (Å²) in [6, 6.07) is -0.286. The summed E-state index contributed by atoms with van der Waals surface area (Å²) in [7, 11) is 0. The lowest BCUT2D eigenvalue weighted by Gasteiger charge is -2.35. The lowest BCUT2D eigenvalue weighted by molar-refractivity contribution is -0.119. The van der Waals surface area contributed by atoms with Gasteiger partial charge in [-0.15, -0.1) is 0 Å². The third-order valence-corrected chi connectivity index (χ3v) is 3.37. The molecule has 1 aliphatic heterocycles. The van der Waals surface area contributed by atoms with Gasteiger partial charge in [-0.3, -0.25) is 4.79 Å². The predicted molar refractivity (Wildman–Crippen MR) is 70.1 cm³/mol. The number of hydrogen-bond donors (Lipinski definition) is 2. The number of carbonyl (C=O) groups excluding carboxylic acids is 1. The topological polar surface area (TPSA) is 98.1 Å².